The van der Waals surface area contributed by atoms with Crippen molar-refractivity contribution in [3.8, 4) is 11.4 Å². The van der Waals surface area contributed by atoms with Gasteiger partial charge in [-0.2, -0.15) is 0 Å². The molecule has 0 spiro atoms. The molecular weight excluding hydrogens is 176 g/mol. The van der Waals surface area contributed by atoms with Crippen LogP contribution in [0.4, 0.5) is 11.5 Å². The van der Waals surface area contributed by atoms with Crippen molar-refractivity contribution in [2.24, 2.45) is 0 Å². The van der Waals surface area contributed by atoms with Gasteiger partial charge in [-0.05, 0) is 24.3 Å². The van der Waals surface area contributed by atoms with E-state index >= 15 is 0 Å². The van der Waals surface area contributed by atoms with E-state index in [4.69, 9.17) is 11.5 Å². The lowest BCUT2D eigenvalue weighted by Crippen LogP contribution is -1.98. The van der Waals surface area contributed by atoms with Crippen molar-refractivity contribution in [3.05, 3.63) is 36.5 Å². The van der Waals surface area contributed by atoms with Crippen LogP contribution >= 0.6 is 0 Å². The second-order valence-corrected chi connectivity index (χ2v) is 2.89. The third kappa shape index (κ3) is 1.50. The fraction of sp³-hybridized carbons (Fsp3) is 0. The molecule has 0 radical (unpaired) electrons. The summed E-state index contributed by atoms with van der Waals surface area (Å²) in [5, 5.41) is 0. The van der Waals surface area contributed by atoms with Crippen LogP contribution in [0.3, 0.4) is 0 Å². The van der Waals surface area contributed by atoms with Gasteiger partial charge in [-0.15, -0.1) is 0 Å². The second kappa shape index (κ2) is 3.33. The standard InChI is InChI=1S/C10H10N4/c11-7-4-5-9(14-10(7)12)8-3-1-2-6-13-8/h1-6H,11H2,(H2,12,14). The summed E-state index contributed by atoms with van der Waals surface area (Å²) in [6.45, 7) is 0. The van der Waals surface area contributed by atoms with Crippen LogP contribution in [0.25, 0.3) is 11.4 Å². The van der Waals surface area contributed by atoms with E-state index in [0.29, 0.717) is 11.5 Å². The Hall–Kier alpha value is -2.10. The van der Waals surface area contributed by atoms with Crippen LogP contribution in [0.5, 0.6) is 0 Å². The highest BCUT2D eigenvalue weighted by Crippen LogP contribution is 2.18. The summed E-state index contributed by atoms with van der Waals surface area (Å²) < 4.78 is 0. The van der Waals surface area contributed by atoms with Crippen molar-refractivity contribution < 1.29 is 0 Å². The topological polar surface area (TPSA) is 77.8 Å². The van der Waals surface area contributed by atoms with E-state index in [-0.39, 0.29) is 0 Å². The second-order valence-electron chi connectivity index (χ2n) is 2.89. The number of hydrogen-bond acceptors (Lipinski definition) is 4. The largest absolute Gasteiger partial charge is 0.396 e. The molecule has 0 atom stereocenters. The molecule has 4 heteroatoms. The molecule has 0 amide bonds. The first-order chi connectivity index (χ1) is 6.77. The van der Waals surface area contributed by atoms with Crippen LogP contribution in [0.2, 0.25) is 0 Å². The Labute approximate surface area is 81.6 Å². The number of nitrogens with zero attached hydrogens (tertiary/aromatic N) is 2. The van der Waals surface area contributed by atoms with Gasteiger partial charge in [-0.1, -0.05) is 6.07 Å². The Kier molecular flexibility index (Phi) is 2.02. The summed E-state index contributed by atoms with van der Waals surface area (Å²) in [6.07, 6.45) is 1.71. The van der Waals surface area contributed by atoms with Crippen LogP contribution in [-0.2, 0) is 0 Å². The summed E-state index contributed by atoms with van der Waals surface area (Å²) in [6, 6.07) is 9.15. The van der Waals surface area contributed by atoms with Crippen LogP contribution in [0.15, 0.2) is 36.5 Å². The zero-order chi connectivity index (χ0) is 9.97. The molecule has 0 aliphatic rings. The van der Waals surface area contributed by atoms with Gasteiger partial charge in [0.05, 0.1) is 17.1 Å². The Morgan fingerprint density at radius 3 is 2.43 bits per heavy atom. The van der Waals surface area contributed by atoms with Gasteiger partial charge < -0.3 is 11.5 Å². The number of anilines is 2. The maximum Gasteiger partial charge on any atom is 0.147 e. The first-order valence-corrected chi connectivity index (χ1v) is 4.21. The van der Waals surface area contributed by atoms with E-state index in [9.17, 15) is 0 Å². The van der Waals surface area contributed by atoms with Crippen LogP contribution in [0, 0.1) is 0 Å². The lowest BCUT2D eigenvalue weighted by molar-refractivity contribution is 1.25. The maximum atomic E-state index is 5.59. The third-order valence-corrected chi connectivity index (χ3v) is 1.88. The van der Waals surface area contributed by atoms with Crippen molar-refractivity contribution in [2.75, 3.05) is 11.5 Å². The fourth-order valence-corrected chi connectivity index (χ4v) is 1.14. The van der Waals surface area contributed by atoms with Crippen molar-refractivity contribution in [3.63, 3.8) is 0 Å². The van der Waals surface area contributed by atoms with Crippen LogP contribution < -0.4 is 11.5 Å². The highest BCUT2D eigenvalue weighted by molar-refractivity contribution is 5.65. The number of nitrogen functional groups attached to an aromatic ring is 2. The number of nitrogens with two attached hydrogens (primary N) is 2. The molecule has 0 aliphatic carbocycles. The van der Waals surface area contributed by atoms with Gasteiger partial charge in [0.15, 0.2) is 0 Å². The molecule has 2 heterocycles. The molecule has 0 saturated carbocycles. The molecule has 0 bridgehead atoms. The fourth-order valence-electron chi connectivity index (χ4n) is 1.14. The first-order valence-electron chi connectivity index (χ1n) is 4.21. The van der Waals surface area contributed by atoms with Crippen LogP contribution in [0.1, 0.15) is 0 Å². The van der Waals surface area contributed by atoms with E-state index < -0.39 is 0 Å². The van der Waals surface area contributed by atoms with Gasteiger partial charge in [0.1, 0.15) is 5.82 Å². The molecule has 14 heavy (non-hydrogen) atoms. The summed E-state index contributed by atoms with van der Waals surface area (Å²) in [5.41, 5.74) is 13.2. The molecule has 0 aliphatic heterocycles. The molecule has 4 N–H and O–H groups in total. The van der Waals surface area contributed by atoms with Crippen LogP contribution in [-0.4, -0.2) is 9.97 Å². The number of hydrogen-bond donors (Lipinski definition) is 2. The number of rotatable bonds is 1. The summed E-state index contributed by atoms with van der Waals surface area (Å²) in [7, 11) is 0. The van der Waals surface area contributed by atoms with Crippen molar-refractivity contribution in [1.29, 1.82) is 0 Å². The smallest absolute Gasteiger partial charge is 0.147 e. The molecule has 0 saturated heterocycles. The van der Waals surface area contributed by atoms with E-state index in [1.54, 1.807) is 18.3 Å². The molecule has 2 aromatic rings. The van der Waals surface area contributed by atoms with E-state index in [2.05, 4.69) is 9.97 Å². The molecule has 2 rings (SSSR count). The van der Waals surface area contributed by atoms with Gasteiger partial charge in [0, 0.05) is 6.20 Å². The highest BCUT2D eigenvalue weighted by atomic mass is 14.9. The van der Waals surface area contributed by atoms with E-state index in [0.717, 1.165) is 11.4 Å². The lowest BCUT2D eigenvalue weighted by Gasteiger charge is -2.02. The predicted octanol–water partition coefficient (Wildman–Crippen LogP) is 1.31. The zero-order valence-corrected chi connectivity index (χ0v) is 7.51. The quantitative estimate of drug-likeness (QED) is 0.703. The molecule has 4 nitrogen and oxygen atoms in total. The van der Waals surface area contributed by atoms with Gasteiger partial charge >= 0.3 is 0 Å². The molecule has 2 aromatic heterocycles. The third-order valence-electron chi connectivity index (χ3n) is 1.88. The minimum Gasteiger partial charge on any atom is -0.396 e. The minimum atomic E-state index is 0.341. The summed E-state index contributed by atoms with van der Waals surface area (Å²) >= 11 is 0. The molecular formula is C10H10N4. The van der Waals surface area contributed by atoms with Gasteiger partial charge in [-0.3, -0.25) is 4.98 Å². The first kappa shape index (κ1) is 8.50. The van der Waals surface area contributed by atoms with E-state index in [1.807, 2.05) is 18.2 Å². The molecule has 0 fully saturated rings. The highest BCUT2D eigenvalue weighted by Gasteiger charge is 2.01. The molecule has 0 aromatic carbocycles. The Balaban J connectivity index is 2.48. The lowest BCUT2D eigenvalue weighted by atomic mass is 10.2. The normalized spacial score (nSPS) is 10.0. The monoisotopic (exact) mass is 186 g/mol. The van der Waals surface area contributed by atoms with E-state index in [1.165, 1.54) is 0 Å². The Morgan fingerprint density at radius 1 is 0.929 bits per heavy atom. The van der Waals surface area contributed by atoms with Crippen molar-refractivity contribution in [1.82, 2.24) is 9.97 Å². The number of aromatic nitrogens is 2. The SMILES string of the molecule is Nc1ccc(-c2ccccn2)nc1N. The minimum absolute atomic E-state index is 0.341. The van der Waals surface area contributed by atoms with Crippen molar-refractivity contribution >= 4 is 11.5 Å². The summed E-state index contributed by atoms with van der Waals surface area (Å²) in [5.74, 6) is 0.341. The number of pyridine rings is 2. The predicted molar refractivity (Wildman–Crippen MR) is 56.3 cm³/mol. The van der Waals surface area contributed by atoms with Crippen molar-refractivity contribution in [2.45, 2.75) is 0 Å². The Bertz CT molecular complexity index is 439. The van der Waals surface area contributed by atoms with Gasteiger partial charge in [0.25, 0.3) is 0 Å². The van der Waals surface area contributed by atoms with Gasteiger partial charge in [0.2, 0.25) is 0 Å². The Morgan fingerprint density at radius 2 is 1.79 bits per heavy atom. The zero-order valence-electron chi connectivity index (χ0n) is 7.51. The van der Waals surface area contributed by atoms with Gasteiger partial charge in [-0.25, -0.2) is 4.98 Å². The average molecular weight is 186 g/mol. The maximum absolute atomic E-state index is 5.59. The summed E-state index contributed by atoms with van der Waals surface area (Å²) in [4.78, 5) is 8.29. The molecule has 70 valence electrons. The molecule has 0 unspecified atom stereocenters. The average Bonchev–Trinajstić information content (AvgIpc) is 2.23.